The third-order valence-electron chi connectivity index (χ3n) is 1.80. The van der Waals surface area contributed by atoms with Crippen LogP contribution in [0.25, 0.3) is 0 Å². The van der Waals surface area contributed by atoms with Gasteiger partial charge in [0, 0.05) is 16.7 Å². The predicted molar refractivity (Wildman–Crippen MR) is 52.2 cm³/mol. The minimum Gasteiger partial charge on any atom is -0.508 e. The topological polar surface area (TPSA) is 74.6 Å². The highest BCUT2D eigenvalue weighted by atomic mass is 35.7. The zero-order valence-corrected chi connectivity index (χ0v) is 8.93. The summed E-state index contributed by atoms with van der Waals surface area (Å²) in [6, 6.07) is 2.13. The van der Waals surface area contributed by atoms with Crippen LogP contribution in [-0.4, -0.2) is 18.6 Å². The van der Waals surface area contributed by atoms with E-state index in [1.165, 1.54) is 0 Å². The van der Waals surface area contributed by atoms with Gasteiger partial charge in [-0.05, 0) is 18.1 Å². The minimum atomic E-state index is -3.97. The fraction of sp³-hybridized carbons (Fsp3) is 0.250. The number of rotatable bonds is 2. The molecular weight excluding hydrogens is 228 g/mol. The Labute approximate surface area is 86.2 Å². The minimum absolute atomic E-state index is 0.144. The van der Waals surface area contributed by atoms with E-state index in [1.54, 1.807) is 6.92 Å². The van der Waals surface area contributed by atoms with Gasteiger partial charge in [-0.2, -0.15) is 0 Å². The van der Waals surface area contributed by atoms with Crippen LogP contribution in [0.15, 0.2) is 17.0 Å². The van der Waals surface area contributed by atoms with Crippen LogP contribution in [0.5, 0.6) is 11.5 Å². The number of hydrogen-bond donors (Lipinski definition) is 2. The highest BCUT2D eigenvalue weighted by Crippen LogP contribution is 2.32. The summed E-state index contributed by atoms with van der Waals surface area (Å²) >= 11 is 0. The molecule has 0 atom stereocenters. The van der Waals surface area contributed by atoms with Gasteiger partial charge in [0.2, 0.25) is 0 Å². The molecule has 4 nitrogen and oxygen atoms in total. The monoisotopic (exact) mass is 236 g/mol. The summed E-state index contributed by atoms with van der Waals surface area (Å²) in [5.74, 6) is -0.691. The molecule has 0 aliphatic rings. The first-order valence-electron chi connectivity index (χ1n) is 3.85. The van der Waals surface area contributed by atoms with Gasteiger partial charge in [-0.1, -0.05) is 6.92 Å². The normalized spacial score (nSPS) is 11.6. The molecule has 0 unspecified atom stereocenters. The Balaban J connectivity index is 3.47. The molecule has 0 heterocycles. The van der Waals surface area contributed by atoms with E-state index in [9.17, 15) is 18.6 Å². The highest BCUT2D eigenvalue weighted by Gasteiger charge is 2.17. The third kappa shape index (κ3) is 2.10. The number of aromatic hydroxyl groups is 2. The molecule has 6 heteroatoms. The molecule has 0 aliphatic carbocycles. The van der Waals surface area contributed by atoms with Gasteiger partial charge in [0.1, 0.15) is 16.4 Å². The second kappa shape index (κ2) is 3.67. The Morgan fingerprint density at radius 2 is 1.86 bits per heavy atom. The van der Waals surface area contributed by atoms with Crippen LogP contribution in [0.3, 0.4) is 0 Å². The first kappa shape index (κ1) is 11.1. The summed E-state index contributed by atoms with van der Waals surface area (Å²) < 4.78 is 21.9. The van der Waals surface area contributed by atoms with Crippen LogP contribution < -0.4 is 0 Å². The lowest BCUT2D eigenvalue weighted by molar-refractivity contribution is 0.436. The number of phenolic OH excluding ortho intramolecular Hbond substituents is 2. The summed E-state index contributed by atoms with van der Waals surface area (Å²) in [7, 11) is 1.10. The highest BCUT2D eigenvalue weighted by molar-refractivity contribution is 8.13. The molecule has 1 rings (SSSR count). The SMILES string of the molecule is CCc1cc(S(=O)(=O)Cl)c(O)cc1O. The maximum Gasteiger partial charge on any atom is 0.264 e. The molecule has 0 radical (unpaired) electrons. The van der Waals surface area contributed by atoms with Crippen molar-refractivity contribution in [1.29, 1.82) is 0 Å². The summed E-state index contributed by atoms with van der Waals surface area (Å²) in [5.41, 5.74) is 0.419. The first-order chi connectivity index (χ1) is 6.36. The van der Waals surface area contributed by atoms with Crippen molar-refractivity contribution < 1.29 is 18.6 Å². The van der Waals surface area contributed by atoms with Crippen molar-refractivity contribution >= 4 is 19.7 Å². The maximum absolute atomic E-state index is 11.0. The lowest BCUT2D eigenvalue weighted by Gasteiger charge is -2.05. The van der Waals surface area contributed by atoms with E-state index in [4.69, 9.17) is 10.7 Å². The standard InChI is InChI=1S/C8H9ClO4S/c1-2-5-3-8(14(9,12)13)7(11)4-6(5)10/h3-4,10-11H,2H2,1H3. The molecular formula is C8H9ClO4S. The average molecular weight is 237 g/mol. The number of hydrogen-bond acceptors (Lipinski definition) is 4. The van der Waals surface area contributed by atoms with Crippen molar-refractivity contribution in [3.05, 3.63) is 17.7 Å². The van der Waals surface area contributed by atoms with Crippen LogP contribution in [0.2, 0.25) is 0 Å². The van der Waals surface area contributed by atoms with Crippen molar-refractivity contribution in [3.63, 3.8) is 0 Å². The lowest BCUT2D eigenvalue weighted by atomic mass is 10.1. The van der Waals surface area contributed by atoms with E-state index in [0.717, 1.165) is 12.1 Å². The van der Waals surface area contributed by atoms with Gasteiger partial charge < -0.3 is 10.2 Å². The molecule has 14 heavy (non-hydrogen) atoms. The Morgan fingerprint density at radius 1 is 1.29 bits per heavy atom. The van der Waals surface area contributed by atoms with E-state index in [2.05, 4.69) is 0 Å². The number of halogens is 1. The van der Waals surface area contributed by atoms with Gasteiger partial charge in [0.05, 0.1) is 0 Å². The summed E-state index contributed by atoms with van der Waals surface area (Å²) in [6.07, 6.45) is 0.450. The molecule has 0 spiro atoms. The Hall–Kier alpha value is -0.940. The Bertz CT molecular complexity index is 453. The molecule has 0 bridgehead atoms. The maximum atomic E-state index is 11.0. The van der Waals surface area contributed by atoms with Gasteiger partial charge in [0.25, 0.3) is 9.05 Å². The second-order valence-corrected chi connectivity index (χ2v) is 5.27. The summed E-state index contributed by atoms with van der Waals surface area (Å²) in [6.45, 7) is 1.75. The van der Waals surface area contributed by atoms with E-state index in [1.807, 2.05) is 0 Å². The van der Waals surface area contributed by atoms with E-state index >= 15 is 0 Å². The lowest BCUT2D eigenvalue weighted by Crippen LogP contribution is -1.93. The molecule has 0 saturated carbocycles. The summed E-state index contributed by atoms with van der Waals surface area (Å²) in [5, 5.41) is 18.5. The number of phenols is 2. The molecule has 0 aromatic heterocycles. The smallest absolute Gasteiger partial charge is 0.264 e. The third-order valence-corrected chi connectivity index (χ3v) is 3.15. The zero-order chi connectivity index (χ0) is 10.9. The van der Waals surface area contributed by atoms with Crippen molar-refractivity contribution in [2.24, 2.45) is 0 Å². The van der Waals surface area contributed by atoms with Crippen LogP contribution in [0, 0.1) is 0 Å². The van der Waals surface area contributed by atoms with Crippen LogP contribution >= 0.6 is 10.7 Å². The fourth-order valence-electron chi connectivity index (χ4n) is 1.08. The van der Waals surface area contributed by atoms with E-state index < -0.39 is 14.8 Å². The van der Waals surface area contributed by atoms with Crippen molar-refractivity contribution in [2.75, 3.05) is 0 Å². The first-order valence-corrected chi connectivity index (χ1v) is 6.16. The Kier molecular flexibility index (Phi) is 2.92. The van der Waals surface area contributed by atoms with Crippen LogP contribution in [-0.2, 0) is 15.5 Å². The van der Waals surface area contributed by atoms with Crippen molar-refractivity contribution in [3.8, 4) is 11.5 Å². The molecule has 1 aromatic carbocycles. The largest absolute Gasteiger partial charge is 0.508 e. The van der Waals surface area contributed by atoms with Gasteiger partial charge >= 0.3 is 0 Å². The summed E-state index contributed by atoms with van der Waals surface area (Å²) in [4.78, 5) is -0.381. The molecule has 0 saturated heterocycles. The zero-order valence-electron chi connectivity index (χ0n) is 7.36. The molecule has 0 aliphatic heterocycles. The molecule has 1 aromatic rings. The van der Waals surface area contributed by atoms with Crippen LogP contribution in [0.4, 0.5) is 0 Å². The van der Waals surface area contributed by atoms with Crippen LogP contribution in [0.1, 0.15) is 12.5 Å². The van der Waals surface area contributed by atoms with Crippen molar-refractivity contribution in [2.45, 2.75) is 18.2 Å². The van der Waals surface area contributed by atoms with Gasteiger partial charge in [-0.15, -0.1) is 0 Å². The van der Waals surface area contributed by atoms with Crippen molar-refractivity contribution in [1.82, 2.24) is 0 Å². The molecule has 2 N–H and O–H groups in total. The molecule has 0 fully saturated rings. The van der Waals surface area contributed by atoms with Gasteiger partial charge in [-0.25, -0.2) is 8.42 Å². The van der Waals surface area contributed by atoms with E-state index in [-0.39, 0.29) is 10.6 Å². The number of benzene rings is 1. The molecule has 0 amide bonds. The predicted octanol–water partition coefficient (Wildman–Crippen LogP) is 1.59. The number of aryl methyl sites for hydroxylation is 1. The van der Waals surface area contributed by atoms with Gasteiger partial charge in [0.15, 0.2) is 0 Å². The Morgan fingerprint density at radius 3 is 2.29 bits per heavy atom. The van der Waals surface area contributed by atoms with Gasteiger partial charge in [-0.3, -0.25) is 0 Å². The quantitative estimate of drug-likeness (QED) is 0.765. The average Bonchev–Trinajstić information content (AvgIpc) is 2.02. The second-order valence-electron chi connectivity index (χ2n) is 2.74. The fourth-order valence-corrected chi connectivity index (χ4v) is 2.04. The van der Waals surface area contributed by atoms with E-state index in [0.29, 0.717) is 12.0 Å². The molecule has 78 valence electrons.